The summed E-state index contributed by atoms with van der Waals surface area (Å²) >= 11 is 0. The number of carbonyl (C=O) groups excluding carboxylic acids is 3. The second kappa shape index (κ2) is 15.2. The fourth-order valence-electron chi connectivity index (χ4n) is 3.74. The van der Waals surface area contributed by atoms with Crippen LogP contribution in [-0.4, -0.2) is 58.1 Å². The normalized spacial score (nSPS) is 16.8. The van der Waals surface area contributed by atoms with Gasteiger partial charge in [0.25, 0.3) is 0 Å². The predicted octanol–water partition coefficient (Wildman–Crippen LogP) is 1.94. The fourth-order valence-corrected chi connectivity index (χ4v) is 3.74. The molecule has 3 amide bonds. The van der Waals surface area contributed by atoms with Gasteiger partial charge >= 0.3 is 5.97 Å². The van der Waals surface area contributed by atoms with Crippen LogP contribution in [-0.2, 0) is 25.6 Å². The van der Waals surface area contributed by atoms with E-state index in [9.17, 15) is 29.4 Å². The van der Waals surface area contributed by atoms with E-state index in [0.717, 1.165) is 0 Å². The minimum Gasteiger partial charge on any atom is -0.508 e. The maximum Gasteiger partial charge on any atom is 0.326 e. The standard InChI is InChI=1S/C27H44N4O6/c1-7-15(4)21(28)24(33)30-23(17(6)9-3)26(35)31-22(16(5)8-2)25(34)29-20(27(36)37)14-18-10-12-19(32)13-11-18/h10-13,15-17,20-23,32H,7-9,14,28H2,1-6H3,(H,29,34)(H,30,33)(H,31,35)(H,36,37). The molecule has 0 heterocycles. The van der Waals surface area contributed by atoms with Crippen LogP contribution in [0, 0.1) is 17.8 Å². The van der Waals surface area contributed by atoms with E-state index in [0.29, 0.717) is 24.8 Å². The molecule has 0 aliphatic rings. The monoisotopic (exact) mass is 520 g/mol. The van der Waals surface area contributed by atoms with E-state index in [1.165, 1.54) is 12.1 Å². The minimum absolute atomic E-state index is 0.00157. The Labute approximate surface area is 219 Å². The summed E-state index contributed by atoms with van der Waals surface area (Å²) in [6, 6.07) is 2.12. The van der Waals surface area contributed by atoms with E-state index in [4.69, 9.17) is 5.73 Å². The van der Waals surface area contributed by atoms with Gasteiger partial charge in [0.15, 0.2) is 0 Å². The molecule has 0 saturated carbocycles. The number of hydrogen-bond donors (Lipinski definition) is 6. The zero-order valence-electron chi connectivity index (χ0n) is 22.8. The first-order valence-corrected chi connectivity index (χ1v) is 13.0. The Bertz CT molecular complexity index is 907. The third-order valence-corrected chi connectivity index (χ3v) is 7.14. The fraction of sp³-hybridized carbons (Fsp3) is 0.630. The number of phenols is 1. The van der Waals surface area contributed by atoms with Gasteiger partial charge in [-0.15, -0.1) is 0 Å². The third kappa shape index (κ3) is 9.68. The number of benzene rings is 1. The summed E-state index contributed by atoms with van der Waals surface area (Å²) in [5, 5.41) is 27.2. The van der Waals surface area contributed by atoms with E-state index in [1.54, 1.807) is 19.1 Å². The molecule has 0 radical (unpaired) electrons. The molecule has 10 heteroatoms. The molecule has 208 valence electrons. The molecule has 0 spiro atoms. The maximum absolute atomic E-state index is 13.3. The lowest BCUT2D eigenvalue weighted by Crippen LogP contribution is -2.60. The Morgan fingerprint density at radius 2 is 1.19 bits per heavy atom. The number of rotatable bonds is 15. The van der Waals surface area contributed by atoms with Crippen LogP contribution in [0.4, 0.5) is 0 Å². The molecule has 7 unspecified atom stereocenters. The highest BCUT2D eigenvalue weighted by atomic mass is 16.4. The molecular formula is C27H44N4O6. The predicted molar refractivity (Wildman–Crippen MR) is 142 cm³/mol. The van der Waals surface area contributed by atoms with Gasteiger partial charge in [-0.1, -0.05) is 72.9 Å². The molecule has 37 heavy (non-hydrogen) atoms. The number of carbonyl (C=O) groups is 4. The zero-order valence-corrected chi connectivity index (χ0v) is 22.8. The van der Waals surface area contributed by atoms with Crippen LogP contribution in [0.2, 0.25) is 0 Å². The maximum atomic E-state index is 13.3. The van der Waals surface area contributed by atoms with Gasteiger partial charge in [-0.25, -0.2) is 4.79 Å². The molecule has 0 bridgehead atoms. The highest BCUT2D eigenvalue weighted by molar-refractivity contribution is 5.94. The molecular weight excluding hydrogens is 476 g/mol. The lowest BCUT2D eigenvalue weighted by molar-refractivity contribution is -0.142. The van der Waals surface area contributed by atoms with Gasteiger partial charge < -0.3 is 31.9 Å². The largest absolute Gasteiger partial charge is 0.508 e. The molecule has 0 fully saturated rings. The van der Waals surface area contributed by atoms with Crippen LogP contribution < -0.4 is 21.7 Å². The van der Waals surface area contributed by atoms with Crippen molar-refractivity contribution in [2.75, 3.05) is 0 Å². The van der Waals surface area contributed by atoms with Crippen LogP contribution in [0.1, 0.15) is 66.4 Å². The molecule has 0 aromatic heterocycles. The lowest BCUT2D eigenvalue weighted by Gasteiger charge is -2.30. The Morgan fingerprint density at radius 3 is 1.62 bits per heavy atom. The summed E-state index contributed by atoms with van der Waals surface area (Å²) in [7, 11) is 0. The Kier molecular flexibility index (Phi) is 13.1. The SMILES string of the molecule is CCC(C)C(N)C(=O)NC(C(=O)NC(C(=O)NC(Cc1ccc(O)cc1)C(=O)O)C(C)CC)C(C)CC. The molecule has 0 aliphatic carbocycles. The van der Waals surface area contributed by atoms with Crippen LogP contribution >= 0.6 is 0 Å². The van der Waals surface area contributed by atoms with Crippen LogP contribution in [0.5, 0.6) is 5.75 Å². The van der Waals surface area contributed by atoms with Crippen molar-refractivity contribution in [3.63, 3.8) is 0 Å². The topological polar surface area (TPSA) is 171 Å². The van der Waals surface area contributed by atoms with Crippen LogP contribution in [0.25, 0.3) is 0 Å². The second-order valence-electron chi connectivity index (χ2n) is 9.92. The van der Waals surface area contributed by atoms with Gasteiger partial charge in [-0.2, -0.15) is 0 Å². The van der Waals surface area contributed by atoms with Gasteiger partial charge in [-0.05, 0) is 35.4 Å². The first-order chi connectivity index (χ1) is 17.4. The van der Waals surface area contributed by atoms with Crippen molar-refractivity contribution in [3.8, 4) is 5.75 Å². The molecule has 0 saturated heterocycles. The summed E-state index contributed by atoms with van der Waals surface area (Å²) in [5.74, 6) is -3.35. The molecule has 1 aromatic carbocycles. The van der Waals surface area contributed by atoms with Crippen molar-refractivity contribution in [1.29, 1.82) is 0 Å². The number of nitrogens with two attached hydrogens (primary N) is 1. The highest BCUT2D eigenvalue weighted by Crippen LogP contribution is 2.15. The number of carboxylic acids is 1. The van der Waals surface area contributed by atoms with Crippen molar-refractivity contribution >= 4 is 23.7 Å². The first-order valence-electron chi connectivity index (χ1n) is 13.0. The van der Waals surface area contributed by atoms with Crippen molar-refractivity contribution in [2.24, 2.45) is 23.5 Å². The quantitative estimate of drug-likeness (QED) is 0.205. The molecule has 10 nitrogen and oxygen atoms in total. The summed E-state index contributed by atoms with van der Waals surface area (Å²) in [4.78, 5) is 51.2. The number of aromatic hydroxyl groups is 1. The van der Waals surface area contributed by atoms with Crippen molar-refractivity contribution < 1.29 is 29.4 Å². The summed E-state index contributed by atoms with van der Waals surface area (Å²) in [6.07, 6.45) is 1.86. The Balaban J connectivity index is 3.08. The summed E-state index contributed by atoms with van der Waals surface area (Å²) < 4.78 is 0. The highest BCUT2D eigenvalue weighted by Gasteiger charge is 2.34. The van der Waals surface area contributed by atoms with E-state index in [-0.39, 0.29) is 29.9 Å². The van der Waals surface area contributed by atoms with Crippen LogP contribution in [0.3, 0.4) is 0 Å². The number of hydrogen-bond acceptors (Lipinski definition) is 6. The van der Waals surface area contributed by atoms with E-state index >= 15 is 0 Å². The zero-order chi connectivity index (χ0) is 28.3. The van der Waals surface area contributed by atoms with Gasteiger partial charge in [0.2, 0.25) is 17.7 Å². The number of nitrogens with one attached hydrogen (secondary N) is 3. The average Bonchev–Trinajstić information content (AvgIpc) is 2.88. The van der Waals surface area contributed by atoms with E-state index < -0.39 is 47.9 Å². The molecule has 0 aliphatic heterocycles. The van der Waals surface area contributed by atoms with Gasteiger partial charge in [-0.3, -0.25) is 14.4 Å². The number of amides is 3. The van der Waals surface area contributed by atoms with Crippen molar-refractivity contribution in [3.05, 3.63) is 29.8 Å². The Morgan fingerprint density at radius 1 is 0.757 bits per heavy atom. The Hall–Kier alpha value is -3.14. The van der Waals surface area contributed by atoms with Crippen molar-refractivity contribution in [1.82, 2.24) is 16.0 Å². The third-order valence-electron chi connectivity index (χ3n) is 7.14. The van der Waals surface area contributed by atoms with Crippen LogP contribution in [0.15, 0.2) is 24.3 Å². The number of carboxylic acid groups (broad SMARTS) is 1. The van der Waals surface area contributed by atoms with Gasteiger partial charge in [0, 0.05) is 6.42 Å². The summed E-state index contributed by atoms with van der Waals surface area (Å²) in [6.45, 7) is 11.2. The average molecular weight is 521 g/mol. The van der Waals surface area contributed by atoms with Gasteiger partial charge in [0.05, 0.1) is 6.04 Å². The molecule has 1 rings (SSSR count). The minimum atomic E-state index is -1.24. The molecule has 7 atom stereocenters. The molecule has 1 aromatic rings. The van der Waals surface area contributed by atoms with Gasteiger partial charge in [0.1, 0.15) is 23.9 Å². The first kappa shape index (κ1) is 31.9. The van der Waals surface area contributed by atoms with E-state index in [2.05, 4.69) is 16.0 Å². The smallest absolute Gasteiger partial charge is 0.326 e. The van der Waals surface area contributed by atoms with E-state index in [1.807, 2.05) is 34.6 Å². The summed E-state index contributed by atoms with van der Waals surface area (Å²) in [5.41, 5.74) is 6.68. The lowest BCUT2D eigenvalue weighted by atomic mass is 9.93. The number of aliphatic carboxylic acids is 1. The number of phenolic OH excluding ortho intramolecular Hbond substituents is 1. The second-order valence-corrected chi connectivity index (χ2v) is 9.92. The van der Waals surface area contributed by atoms with Crippen molar-refractivity contribution in [2.45, 2.75) is 91.4 Å². The molecule has 7 N–H and O–H groups in total.